The fourth-order valence-corrected chi connectivity index (χ4v) is 1.37. The van der Waals surface area contributed by atoms with E-state index in [1.807, 2.05) is 18.2 Å². The van der Waals surface area contributed by atoms with Gasteiger partial charge in [0.05, 0.1) is 0 Å². The van der Waals surface area contributed by atoms with Crippen LogP contribution in [0.4, 0.5) is 4.79 Å². The van der Waals surface area contributed by atoms with E-state index in [9.17, 15) is 4.79 Å². The van der Waals surface area contributed by atoms with Crippen LogP contribution in [0, 0.1) is 0 Å². The summed E-state index contributed by atoms with van der Waals surface area (Å²) in [4.78, 5) is 10.6. The number of hydrogen-bond donors (Lipinski definition) is 2. The van der Waals surface area contributed by atoms with Crippen molar-refractivity contribution in [2.24, 2.45) is 11.6 Å². The van der Waals surface area contributed by atoms with Crippen molar-refractivity contribution in [3.05, 3.63) is 35.9 Å². The molecule has 0 bridgehead atoms. The molecule has 0 radical (unpaired) electrons. The van der Waals surface area contributed by atoms with E-state index in [0.717, 1.165) is 24.3 Å². The zero-order valence-corrected chi connectivity index (χ0v) is 8.73. The van der Waals surface area contributed by atoms with Crippen molar-refractivity contribution in [3.63, 3.8) is 0 Å². The zero-order chi connectivity index (χ0) is 11.1. The number of carbonyl (C=O) groups excluding carboxylic acids is 1. The molecule has 0 saturated carbocycles. The normalized spacial score (nSPS) is 9.93. The number of carbonyl (C=O) groups is 1. The third-order valence-electron chi connectivity index (χ3n) is 2.24. The van der Waals surface area contributed by atoms with Crippen molar-refractivity contribution in [2.75, 3.05) is 6.54 Å². The smallest absolute Gasteiger partial charge is 0.328 e. The highest BCUT2D eigenvalue weighted by Crippen LogP contribution is 2.04. The van der Waals surface area contributed by atoms with Gasteiger partial charge in [0.1, 0.15) is 0 Å². The summed E-state index contributed by atoms with van der Waals surface area (Å²) in [7, 11) is 0. The molecule has 0 aliphatic heterocycles. The Labute approximate surface area is 89.8 Å². The number of aryl methyl sites for hydroxylation is 1. The standard InChI is InChI=1S/C11H17N3O/c12-11(15)14(13)9-5-4-8-10-6-2-1-3-7-10/h1-3,6-7H,4-5,8-9,13H2,(H2,12,15). The van der Waals surface area contributed by atoms with Gasteiger partial charge in [-0.1, -0.05) is 30.3 Å². The van der Waals surface area contributed by atoms with Crippen molar-refractivity contribution in [2.45, 2.75) is 19.3 Å². The molecule has 1 aromatic carbocycles. The number of unbranched alkanes of at least 4 members (excludes halogenated alkanes) is 1. The van der Waals surface area contributed by atoms with Gasteiger partial charge in [-0.3, -0.25) is 5.01 Å². The van der Waals surface area contributed by atoms with Crippen LogP contribution in [0.2, 0.25) is 0 Å². The van der Waals surface area contributed by atoms with Gasteiger partial charge in [0.15, 0.2) is 0 Å². The first-order valence-electron chi connectivity index (χ1n) is 5.06. The third kappa shape index (κ3) is 4.46. The Hall–Kier alpha value is -1.55. The highest BCUT2D eigenvalue weighted by Gasteiger charge is 2.02. The fraction of sp³-hybridized carbons (Fsp3) is 0.364. The van der Waals surface area contributed by atoms with Gasteiger partial charge >= 0.3 is 6.03 Å². The predicted octanol–water partition coefficient (Wildman–Crippen LogP) is 1.26. The molecule has 0 saturated heterocycles. The second-order valence-corrected chi connectivity index (χ2v) is 3.47. The molecule has 0 aliphatic rings. The Morgan fingerprint density at radius 2 is 1.87 bits per heavy atom. The van der Waals surface area contributed by atoms with E-state index in [4.69, 9.17) is 11.6 Å². The molecule has 1 rings (SSSR count). The highest BCUT2D eigenvalue weighted by molar-refractivity contribution is 5.71. The van der Waals surface area contributed by atoms with E-state index in [-0.39, 0.29) is 0 Å². The molecule has 0 heterocycles. The summed E-state index contributed by atoms with van der Waals surface area (Å²) in [5, 5.41) is 1.05. The largest absolute Gasteiger partial charge is 0.350 e. The Balaban J connectivity index is 2.15. The molecule has 2 amide bonds. The van der Waals surface area contributed by atoms with Gasteiger partial charge in [0, 0.05) is 6.54 Å². The summed E-state index contributed by atoms with van der Waals surface area (Å²) < 4.78 is 0. The van der Waals surface area contributed by atoms with Gasteiger partial charge in [0.25, 0.3) is 0 Å². The number of hydrazine groups is 1. The van der Waals surface area contributed by atoms with Crippen molar-refractivity contribution in [1.29, 1.82) is 0 Å². The average Bonchev–Trinajstić information content (AvgIpc) is 2.25. The molecule has 4 heteroatoms. The predicted molar refractivity (Wildman–Crippen MR) is 59.9 cm³/mol. The molecule has 1 aromatic rings. The highest BCUT2D eigenvalue weighted by atomic mass is 16.2. The summed E-state index contributed by atoms with van der Waals surface area (Å²) in [6.45, 7) is 0.516. The van der Waals surface area contributed by atoms with Gasteiger partial charge in [-0.25, -0.2) is 10.6 Å². The van der Waals surface area contributed by atoms with Gasteiger partial charge in [-0.15, -0.1) is 0 Å². The molecule has 0 atom stereocenters. The molecular formula is C11H17N3O. The number of amides is 2. The van der Waals surface area contributed by atoms with Crippen molar-refractivity contribution < 1.29 is 4.79 Å². The van der Waals surface area contributed by atoms with Crippen LogP contribution < -0.4 is 11.6 Å². The number of rotatable bonds is 5. The molecule has 0 unspecified atom stereocenters. The summed E-state index contributed by atoms with van der Waals surface area (Å²) in [5.41, 5.74) is 6.30. The first-order chi connectivity index (χ1) is 7.20. The Morgan fingerprint density at radius 1 is 1.20 bits per heavy atom. The van der Waals surface area contributed by atoms with Gasteiger partial charge in [-0.05, 0) is 24.8 Å². The maximum atomic E-state index is 10.6. The quantitative estimate of drug-likeness (QED) is 0.330. The minimum atomic E-state index is -0.574. The SMILES string of the molecule is NC(=O)N(N)CCCCc1ccccc1. The third-order valence-corrected chi connectivity index (χ3v) is 2.24. The molecule has 0 fully saturated rings. The van der Waals surface area contributed by atoms with Gasteiger partial charge in [0.2, 0.25) is 0 Å². The van der Waals surface area contributed by atoms with Crippen LogP contribution in [-0.4, -0.2) is 17.6 Å². The van der Waals surface area contributed by atoms with E-state index in [2.05, 4.69) is 12.1 Å². The molecule has 4 N–H and O–H groups in total. The van der Waals surface area contributed by atoms with Crippen molar-refractivity contribution >= 4 is 6.03 Å². The Kier molecular flexibility index (Phi) is 4.63. The molecule has 82 valence electrons. The lowest BCUT2D eigenvalue weighted by atomic mass is 10.1. The molecular weight excluding hydrogens is 190 g/mol. The van der Waals surface area contributed by atoms with E-state index in [1.54, 1.807) is 0 Å². The average molecular weight is 207 g/mol. The van der Waals surface area contributed by atoms with Crippen molar-refractivity contribution in [3.8, 4) is 0 Å². The summed E-state index contributed by atoms with van der Waals surface area (Å²) >= 11 is 0. The Morgan fingerprint density at radius 3 is 2.47 bits per heavy atom. The second-order valence-electron chi connectivity index (χ2n) is 3.47. The topological polar surface area (TPSA) is 72.4 Å². The molecule has 0 aliphatic carbocycles. The molecule has 0 aromatic heterocycles. The second kappa shape index (κ2) is 6.03. The van der Waals surface area contributed by atoms with E-state index < -0.39 is 6.03 Å². The lowest BCUT2D eigenvalue weighted by Crippen LogP contribution is -2.41. The minimum Gasteiger partial charge on any atom is -0.350 e. The molecule has 15 heavy (non-hydrogen) atoms. The minimum absolute atomic E-state index is 0.516. The van der Waals surface area contributed by atoms with E-state index in [1.165, 1.54) is 5.56 Å². The molecule has 0 spiro atoms. The monoisotopic (exact) mass is 207 g/mol. The number of nitrogens with two attached hydrogens (primary N) is 2. The lowest BCUT2D eigenvalue weighted by molar-refractivity contribution is 0.207. The Bertz CT molecular complexity index is 300. The summed E-state index contributed by atoms with van der Waals surface area (Å²) in [6.07, 6.45) is 2.88. The first kappa shape index (κ1) is 11.5. The number of primary amides is 1. The van der Waals surface area contributed by atoms with Crippen LogP contribution in [-0.2, 0) is 6.42 Å². The van der Waals surface area contributed by atoms with E-state index in [0.29, 0.717) is 6.54 Å². The molecule has 4 nitrogen and oxygen atoms in total. The number of hydrogen-bond acceptors (Lipinski definition) is 2. The zero-order valence-electron chi connectivity index (χ0n) is 8.73. The number of urea groups is 1. The van der Waals surface area contributed by atoms with Crippen LogP contribution in [0.5, 0.6) is 0 Å². The van der Waals surface area contributed by atoms with Gasteiger partial charge < -0.3 is 5.73 Å². The fourth-order valence-electron chi connectivity index (χ4n) is 1.37. The first-order valence-corrected chi connectivity index (χ1v) is 5.06. The van der Waals surface area contributed by atoms with Crippen molar-refractivity contribution in [1.82, 2.24) is 5.01 Å². The maximum absolute atomic E-state index is 10.6. The number of benzene rings is 1. The van der Waals surface area contributed by atoms with Crippen LogP contribution in [0.15, 0.2) is 30.3 Å². The van der Waals surface area contributed by atoms with Gasteiger partial charge in [-0.2, -0.15) is 0 Å². The summed E-state index contributed by atoms with van der Waals surface area (Å²) in [5.74, 6) is 5.35. The van der Waals surface area contributed by atoms with Crippen LogP contribution in [0.3, 0.4) is 0 Å². The number of nitrogens with zero attached hydrogens (tertiary/aromatic N) is 1. The maximum Gasteiger partial charge on any atom is 0.328 e. The van der Waals surface area contributed by atoms with Crippen LogP contribution in [0.1, 0.15) is 18.4 Å². The summed E-state index contributed by atoms with van der Waals surface area (Å²) in [6, 6.07) is 9.65. The van der Waals surface area contributed by atoms with Crippen LogP contribution >= 0.6 is 0 Å². The van der Waals surface area contributed by atoms with E-state index >= 15 is 0 Å². The van der Waals surface area contributed by atoms with Crippen LogP contribution in [0.25, 0.3) is 0 Å². The lowest BCUT2D eigenvalue weighted by Gasteiger charge is -2.12.